The van der Waals surface area contributed by atoms with Crippen molar-refractivity contribution in [1.29, 1.82) is 0 Å². The zero-order chi connectivity index (χ0) is 34.7. The molecule has 1 aliphatic heterocycles. The van der Waals surface area contributed by atoms with Gasteiger partial charge in [0.1, 0.15) is 41.7 Å². The molecule has 1 fully saturated rings. The molecule has 0 saturated carbocycles. The van der Waals surface area contributed by atoms with Crippen molar-refractivity contribution in [2.24, 2.45) is 0 Å². The number of aromatic nitrogens is 4. The van der Waals surface area contributed by atoms with E-state index in [2.05, 4.69) is 20.3 Å². The molecule has 1 aliphatic rings. The molecule has 3 unspecified atom stereocenters. The Kier molecular flexibility index (Phi) is 9.24. The maximum atomic E-state index is 12.9. The molecule has 7 rings (SSSR count). The lowest BCUT2D eigenvalue weighted by Crippen LogP contribution is -2.39. The van der Waals surface area contributed by atoms with Gasteiger partial charge in [0.15, 0.2) is 23.2 Å². The summed E-state index contributed by atoms with van der Waals surface area (Å²) in [4.78, 5) is 25.9. The van der Waals surface area contributed by atoms with Crippen LogP contribution in [-0.2, 0) is 15.1 Å². The second kappa shape index (κ2) is 14.1. The molecular weight excluding hydrogens is 638 g/mol. The van der Waals surface area contributed by atoms with Crippen molar-refractivity contribution in [3.8, 4) is 11.5 Å². The zero-order valence-electron chi connectivity index (χ0n) is 27.3. The van der Waals surface area contributed by atoms with Crippen molar-refractivity contribution in [3.63, 3.8) is 0 Å². The predicted molar refractivity (Wildman–Crippen MR) is 184 cm³/mol. The average Bonchev–Trinajstić information content (AvgIpc) is 3.73. The third kappa shape index (κ3) is 6.05. The van der Waals surface area contributed by atoms with Crippen molar-refractivity contribution in [2.75, 3.05) is 26.1 Å². The number of hydrogen-bond acceptors (Lipinski definition) is 10. The van der Waals surface area contributed by atoms with Crippen LogP contribution in [0.3, 0.4) is 0 Å². The number of benzene rings is 4. The molecule has 0 bridgehead atoms. The number of hydrogen-bond donors (Lipinski definition) is 3. The Labute approximate surface area is 287 Å². The first-order chi connectivity index (χ1) is 24.4. The SMILES string of the molecule is COc1ccc(C(OCC2OC(n3cnc4c(NC(=O)c5ccccc5)ncnc43)C(O)[C@H]2O)(c2ccccc2)c2ccc(OC)cc2)cc1. The number of nitrogens with one attached hydrogen (secondary N) is 1. The molecule has 1 saturated heterocycles. The van der Waals surface area contributed by atoms with Crippen LogP contribution in [0.1, 0.15) is 33.3 Å². The van der Waals surface area contributed by atoms with Crippen molar-refractivity contribution >= 4 is 22.9 Å². The van der Waals surface area contributed by atoms with E-state index in [-0.39, 0.29) is 18.3 Å². The minimum atomic E-state index is -1.36. The summed E-state index contributed by atoms with van der Waals surface area (Å²) in [7, 11) is 3.22. The number of nitrogens with zero attached hydrogens (tertiary/aromatic N) is 4. The number of imidazole rings is 1. The fourth-order valence-corrected chi connectivity index (χ4v) is 6.28. The Hall–Kier alpha value is -5.66. The molecule has 0 spiro atoms. The smallest absolute Gasteiger partial charge is 0.256 e. The van der Waals surface area contributed by atoms with Crippen molar-refractivity contribution in [1.82, 2.24) is 19.5 Å². The van der Waals surface area contributed by atoms with Crippen LogP contribution in [0.25, 0.3) is 11.2 Å². The fraction of sp³-hybridized carbons (Fsp3) is 0.211. The molecule has 3 N–H and O–H groups in total. The van der Waals surface area contributed by atoms with Gasteiger partial charge in [-0.3, -0.25) is 9.36 Å². The number of aliphatic hydroxyl groups is 2. The first kappa shape index (κ1) is 32.9. The van der Waals surface area contributed by atoms with E-state index < -0.39 is 30.1 Å². The van der Waals surface area contributed by atoms with Gasteiger partial charge in [0.2, 0.25) is 0 Å². The van der Waals surface area contributed by atoms with Gasteiger partial charge in [-0.1, -0.05) is 72.8 Å². The van der Waals surface area contributed by atoms with E-state index in [1.165, 1.54) is 17.2 Å². The number of carbonyl (C=O) groups excluding carboxylic acids is 1. The second-order valence-corrected chi connectivity index (χ2v) is 11.7. The highest BCUT2D eigenvalue weighted by atomic mass is 16.6. The van der Waals surface area contributed by atoms with Gasteiger partial charge in [0, 0.05) is 5.56 Å². The van der Waals surface area contributed by atoms with Crippen molar-refractivity contribution in [2.45, 2.75) is 30.1 Å². The van der Waals surface area contributed by atoms with Gasteiger partial charge in [0.05, 0.1) is 27.2 Å². The summed E-state index contributed by atoms with van der Waals surface area (Å²) in [6.07, 6.45) is -1.97. The maximum Gasteiger partial charge on any atom is 0.256 e. The fourth-order valence-electron chi connectivity index (χ4n) is 6.28. The third-order valence-corrected chi connectivity index (χ3v) is 8.88. The number of carbonyl (C=O) groups is 1. The Morgan fingerprint density at radius 2 is 1.36 bits per heavy atom. The number of aliphatic hydroxyl groups excluding tert-OH is 2. The molecule has 50 heavy (non-hydrogen) atoms. The molecule has 6 aromatic rings. The third-order valence-electron chi connectivity index (χ3n) is 8.88. The van der Waals surface area contributed by atoms with Crippen LogP contribution in [0, 0.1) is 0 Å². The molecular formula is C38H35N5O7. The maximum absolute atomic E-state index is 12.9. The summed E-state index contributed by atoms with van der Waals surface area (Å²) in [5.41, 5.74) is 2.34. The van der Waals surface area contributed by atoms with E-state index in [1.54, 1.807) is 38.5 Å². The Balaban J connectivity index is 1.20. The summed E-state index contributed by atoms with van der Waals surface area (Å²) in [6.45, 7) is -0.109. The molecule has 0 aliphatic carbocycles. The van der Waals surface area contributed by atoms with Gasteiger partial charge in [-0.25, -0.2) is 15.0 Å². The number of amides is 1. The Morgan fingerprint density at radius 1 is 0.780 bits per heavy atom. The highest BCUT2D eigenvalue weighted by molar-refractivity contribution is 6.06. The van der Waals surface area contributed by atoms with E-state index in [0.29, 0.717) is 28.2 Å². The summed E-state index contributed by atoms with van der Waals surface area (Å²) >= 11 is 0. The van der Waals surface area contributed by atoms with Crippen LogP contribution < -0.4 is 14.8 Å². The molecule has 1 amide bonds. The normalized spacial score (nSPS) is 19.0. The Bertz CT molecular complexity index is 2010. The van der Waals surface area contributed by atoms with Gasteiger partial charge in [-0.2, -0.15) is 0 Å². The van der Waals surface area contributed by atoms with Gasteiger partial charge in [0.25, 0.3) is 5.91 Å². The molecule has 254 valence electrons. The van der Waals surface area contributed by atoms with E-state index in [9.17, 15) is 15.0 Å². The van der Waals surface area contributed by atoms with E-state index in [0.717, 1.165) is 16.7 Å². The van der Waals surface area contributed by atoms with Crippen molar-refractivity contribution in [3.05, 3.63) is 144 Å². The minimum absolute atomic E-state index is 0.109. The topological polar surface area (TPSA) is 150 Å². The van der Waals surface area contributed by atoms with Crippen LogP contribution in [-0.4, -0.2) is 74.8 Å². The summed E-state index contributed by atoms with van der Waals surface area (Å²) in [5.74, 6) is 1.21. The van der Waals surface area contributed by atoms with E-state index in [1.807, 2.05) is 84.9 Å². The summed E-state index contributed by atoms with van der Waals surface area (Å²) in [5, 5.41) is 25.4. The summed E-state index contributed by atoms with van der Waals surface area (Å²) in [6, 6.07) is 33.7. The average molecular weight is 674 g/mol. The number of anilines is 1. The van der Waals surface area contributed by atoms with Gasteiger partial charge >= 0.3 is 0 Å². The lowest BCUT2D eigenvalue weighted by molar-refractivity contribution is -0.0942. The molecule has 12 heteroatoms. The van der Waals surface area contributed by atoms with Crippen LogP contribution in [0.2, 0.25) is 0 Å². The monoisotopic (exact) mass is 673 g/mol. The lowest BCUT2D eigenvalue weighted by atomic mass is 9.80. The highest BCUT2D eigenvalue weighted by Gasteiger charge is 2.47. The van der Waals surface area contributed by atoms with Crippen LogP contribution in [0.4, 0.5) is 5.82 Å². The number of methoxy groups -OCH3 is 2. The minimum Gasteiger partial charge on any atom is -0.497 e. The van der Waals surface area contributed by atoms with Gasteiger partial charge < -0.3 is 34.5 Å². The standard InChI is InChI=1S/C38H35N5O7/c1-47-28-17-13-26(14-18-28)38(25-11-7-4-8-12-25,27-15-19-29(48-2)20-16-27)49-21-30-32(44)33(45)37(50-30)43-23-41-31-34(39-22-40-35(31)43)42-36(46)24-9-5-3-6-10-24/h3-20,22-23,30,32-33,37,44-45H,21H2,1-2H3,(H,39,40,42,46)/t30?,32-,33?,37?/m0/s1. The van der Waals surface area contributed by atoms with Crippen LogP contribution >= 0.6 is 0 Å². The molecule has 2 aromatic heterocycles. The lowest BCUT2D eigenvalue weighted by Gasteiger charge is -2.37. The van der Waals surface area contributed by atoms with E-state index in [4.69, 9.17) is 18.9 Å². The molecule has 0 radical (unpaired) electrons. The van der Waals surface area contributed by atoms with Crippen molar-refractivity contribution < 1.29 is 34.0 Å². The van der Waals surface area contributed by atoms with Gasteiger partial charge in [-0.15, -0.1) is 0 Å². The van der Waals surface area contributed by atoms with Crippen LogP contribution in [0.15, 0.2) is 122 Å². The van der Waals surface area contributed by atoms with E-state index >= 15 is 0 Å². The molecule has 4 atom stereocenters. The molecule has 4 aromatic carbocycles. The quantitative estimate of drug-likeness (QED) is 0.165. The molecule has 12 nitrogen and oxygen atoms in total. The largest absolute Gasteiger partial charge is 0.497 e. The predicted octanol–water partition coefficient (Wildman–Crippen LogP) is 4.72. The number of ether oxygens (including phenoxy) is 4. The summed E-state index contributed by atoms with van der Waals surface area (Å²) < 4.78 is 25.6. The number of rotatable bonds is 11. The first-order valence-corrected chi connectivity index (χ1v) is 16.0. The first-order valence-electron chi connectivity index (χ1n) is 16.0. The Morgan fingerprint density at radius 3 is 1.96 bits per heavy atom. The highest BCUT2D eigenvalue weighted by Crippen LogP contribution is 2.43. The zero-order valence-corrected chi connectivity index (χ0v) is 27.3. The number of fused-ring (bicyclic) bond motifs is 1. The van der Waals surface area contributed by atoms with Gasteiger partial charge in [-0.05, 0) is 53.1 Å². The molecule has 3 heterocycles. The second-order valence-electron chi connectivity index (χ2n) is 11.7. The van der Waals surface area contributed by atoms with Crippen LogP contribution in [0.5, 0.6) is 11.5 Å².